The van der Waals surface area contributed by atoms with E-state index < -0.39 is 4.92 Å². The number of carbonyl (C=O) groups is 1. The minimum absolute atomic E-state index is 0.0202. The Balaban J connectivity index is 2.76. The van der Waals surface area contributed by atoms with Crippen LogP contribution in [0.25, 0.3) is 0 Å². The van der Waals surface area contributed by atoms with Crippen molar-refractivity contribution in [3.63, 3.8) is 0 Å². The number of nitrogens with one attached hydrogen (secondary N) is 1. The Morgan fingerprint density at radius 2 is 2.14 bits per heavy atom. The number of carbonyl (C=O) groups excluding carboxylic acids is 1. The van der Waals surface area contributed by atoms with Gasteiger partial charge in [-0.05, 0) is 31.7 Å². The van der Waals surface area contributed by atoms with Gasteiger partial charge in [-0.1, -0.05) is 35.3 Å². The van der Waals surface area contributed by atoms with Crippen molar-refractivity contribution < 1.29 is 9.72 Å². The summed E-state index contributed by atoms with van der Waals surface area (Å²) >= 11 is 3.42. The van der Waals surface area contributed by atoms with Crippen LogP contribution in [0.15, 0.2) is 18.2 Å². The van der Waals surface area contributed by atoms with Crippen LogP contribution in [0.2, 0.25) is 0 Å². The maximum Gasteiger partial charge on any atom is 0.273 e. The van der Waals surface area contributed by atoms with E-state index in [0.29, 0.717) is 23.6 Å². The molecule has 6 heteroatoms. The molecule has 116 valence electrons. The molecule has 0 fully saturated rings. The summed E-state index contributed by atoms with van der Waals surface area (Å²) in [6, 6.07) is 4.58. The lowest BCUT2D eigenvalue weighted by molar-refractivity contribution is -0.385. The minimum Gasteiger partial charge on any atom is -0.352 e. The predicted octanol–water partition coefficient (Wildman–Crippen LogP) is 3.83. The van der Waals surface area contributed by atoms with Gasteiger partial charge in [-0.3, -0.25) is 14.9 Å². The number of hydrogen-bond acceptors (Lipinski definition) is 3. The molecule has 1 aromatic carbocycles. The van der Waals surface area contributed by atoms with Crippen molar-refractivity contribution in [1.29, 1.82) is 0 Å². The summed E-state index contributed by atoms with van der Waals surface area (Å²) in [5.74, 6) is 0.184. The second-order valence-corrected chi connectivity index (χ2v) is 5.84. The first-order valence-corrected chi connectivity index (χ1v) is 8.21. The van der Waals surface area contributed by atoms with Gasteiger partial charge >= 0.3 is 0 Å². The van der Waals surface area contributed by atoms with Gasteiger partial charge < -0.3 is 5.32 Å². The van der Waals surface area contributed by atoms with Gasteiger partial charge in [0.25, 0.3) is 11.6 Å². The first-order chi connectivity index (χ1) is 10.0. The quantitative estimate of drug-likeness (QED) is 0.437. The van der Waals surface area contributed by atoms with Crippen LogP contribution < -0.4 is 5.32 Å². The van der Waals surface area contributed by atoms with E-state index in [-0.39, 0.29) is 11.6 Å². The minimum atomic E-state index is -0.461. The average molecular weight is 357 g/mol. The molecule has 1 atom stereocenters. The van der Waals surface area contributed by atoms with E-state index in [1.54, 1.807) is 19.1 Å². The molecule has 0 aromatic heterocycles. The fraction of sp³-hybridized carbons (Fsp3) is 0.533. The number of nitro benzene ring substituents is 1. The lowest BCUT2D eigenvalue weighted by Crippen LogP contribution is -2.30. The van der Waals surface area contributed by atoms with Crippen molar-refractivity contribution in [2.24, 2.45) is 5.92 Å². The van der Waals surface area contributed by atoms with Crippen molar-refractivity contribution in [3.05, 3.63) is 39.4 Å². The zero-order chi connectivity index (χ0) is 15.8. The Labute approximate surface area is 133 Å². The van der Waals surface area contributed by atoms with Gasteiger partial charge in [0, 0.05) is 29.1 Å². The Morgan fingerprint density at radius 1 is 1.43 bits per heavy atom. The first-order valence-electron chi connectivity index (χ1n) is 7.09. The van der Waals surface area contributed by atoms with Crippen LogP contribution in [0.3, 0.4) is 0 Å². The smallest absolute Gasteiger partial charge is 0.273 e. The van der Waals surface area contributed by atoms with Crippen molar-refractivity contribution in [3.8, 4) is 0 Å². The van der Waals surface area contributed by atoms with Gasteiger partial charge in [-0.2, -0.15) is 0 Å². The highest BCUT2D eigenvalue weighted by Gasteiger charge is 2.18. The number of benzene rings is 1. The predicted molar refractivity (Wildman–Crippen MR) is 87.0 cm³/mol. The van der Waals surface area contributed by atoms with Gasteiger partial charge in [0.2, 0.25) is 0 Å². The monoisotopic (exact) mass is 356 g/mol. The number of halogens is 1. The van der Waals surface area contributed by atoms with E-state index in [1.807, 2.05) is 0 Å². The van der Waals surface area contributed by atoms with Crippen LogP contribution in [-0.4, -0.2) is 22.7 Å². The van der Waals surface area contributed by atoms with Crippen LogP contribution in [0, 0.1) is 23.0 Å². The number of amides is 1. The second kappa shape index (κ2) is 8.77. The number of hydrogen-bond donors (Lipinski definition) is 1. The largest absolute Gasteiger partial charge is 0.352 e. The molecule has 5 nitrogen and oxygen atoms in total. The third kappa shape index (κ3) is 5.12. The van der Waals surface area contributed by atoms with Crippen LogP contribution in [0.1, 0.15) is 42.1 Å². The second-order valence-electron chi connectivity index (χ2n) is 5.05. The molecule has 0 saturated heterocycles. The molecule has 1 N–H and O–H groups in total. The third-order valence-electron chi connectivity index (χ3n) is 3.51. The average Bonchev–Trinajstić information content (AvgIpc) is 2.44. The van der Waals surface area contributed by atoms with E-state index in [9.17, 15) is 14.9 Å². The van der Waals surface area contributed by atoms with Gasteiger partial charge in [0.1, 0.15) is 0 Å². The van der Waals surface area contributed by atoms with Crippen LogP contribution in [-0.2, 0) is 0 Å². The zero-order valence-corrected chi connectivity index (χ0v) is 14.0. The fourth-order valence-electron chi connectivity index (χ4n) is 2.31. The molecule has 0 spiro atoms. The van der Waals surface area contributed by atoms with Crippen LogP contribution >= 0.6 is 15.9 Å². The summed E-state index contributed by atoms with van der Waals surface area (Å²) in [5, 5.41) is 14.7. The normalized spacial score (nSPS) is 12.0. The summed E-state index contributed by atoms with van der Waals surface area (Å²) in [5.41, 5.74) is 0.763. The maximum atomic E-state index is 12.2. The summed E-state index contributed by atoms with van der Waals surface area (Å²) < 4.78 is 0. The Bertz CT molecular complexity index is 500. The zero-order valence-electron chi connectivity index (χ0n) is 12.4. The molecular formula is C15H21BrN2O3. The van der Waals surface area contributed by atoms with Crippen molar-refractivity contribution in [1.82, 2.24) is 5.32 Å². The summed E-state index contributed by atoms with van der Waals surface area (Å²) in [7, 11) is 0. The van der Waals surface area contributed by atoms with Gasteiger partial charge in [0.15, 0.2) is 0 Å². The summed E-state index contributed by atoms with van der Waals surface area (Å²) in [4.78, 5) is 22.6. The fourth-order valence-corrected chi connectivity index (χ4v) is 2.96. The molecule has 0 bridgehead atoms. The number of alkyl halides is 1. The van der Waals surface area contributed by atoms with E-state index >= 15 is 0 Å². The van der Waals surface area contributed by atoms with Gasteiger partial charge in [0.05, 0.1) is 4.92 Å². The molecule has 0 saturated carbocycles. The molecule has 0 radical (unpaired) electrons. The summed E-state index contributed by atoms with van der Waals surface area (Å²) in [6.07, 6.45) is 3.13. The molecule has 0 aliphatic heterocycles. The lowest BCUT2D eigenvalue weighted by atomic mass is 10.0. The SMILES string of the molecule is CCCC(CCBr)CNC(=O)c1cccc([N+](=O)[O-])c1C. The molecule has 1 rings (SSSR count). The maximum absolute atomic E-state index is 12.2. The van der Waals surface area contributed by atoms with Gasteiger partial charge in [-0.25, -0.2) is 0 Å². The highest BCUT2D eigenvalue weighted by atomic mass is 79.9. The first kappa shape index (κ1) is 17.6. The molecule has 0 aliphatic carbocycles. The van der Waals surface area contributed by atoms with Crippen molar-refractivity contribution in [2.75, 3.05) is 11.9 Å². The topological polar surface area (TPSA) is 72.2 Å². The molecular weight excluding hydrogens is 336 g/mol. The van der Waals surface area contributed by atoms with E-state index in [0.717, 1.165) is 24.6 Å². The summed E-state index contributed by atoms with van der Waals surface area (Å²) in [6.45, 7) is 4.32. The third-order valence-corrected chi connectivity index (χ3v) is 3.97. The molecule has 1 amide bonds. The number of rotatable bonds is 8. The van der Waals surface area contributed by atoms with Crippen molar-refractivity contribution >= 4 is 27.5 Å². The highest BCUT2D eigenvalue weighted by molar-refractivity contribution is 9.09. The standard InChI is InChI=1S/C15H21BrN2O3/c1-3-5-12(8-9-16)10-17-15(19)13-6-4-7-14(11(13)2)18(20)21/h4,6-7,12H,3,5,8-10H2,1-2H3,(H,17,19). The Kier molecular flexibility index (Phi) is 7.36. The van der Waals surface area contributed by atoms with Crippen LogP contribution in [0.5, 0.6) is 0 Å². The molecule has 1 aromatic rings. The van der Waals surface area contributed by atoms with Crippen LogP contribution in [0.4, 0.5) is 5.69 Å². The van der Waals surface area contributed by atoms with E-state index in [2.05, 4.69) is 28.2 Å². The molecule has 21 heavy (non-hydrogen) atoms. The molecule has 0 heterocycles. The van der Waals surface area contributed by atoms with E-state index in [1.165, 1.54) is 6.07 Å². The van der Waals surface area contributed by atoms with Gasteiger partial charge in [-0.15, -0.1) is 0 Å². The number of nitro groups is 1. The molecule has 0 aliphatic rings. The Hall–Kier alpha value is -1.43. The lowest BCUT2D eigenvalue weighted by Gasteiger charge is -2.16. The molecule has 1 unspecified atom stereocenters. The van der Waals surface area contributed by atoms with E-state index in [4.69, 9.17) is 0 Å². The van der Waals surface area contributed by atoms with Crippen molar-refractivity contribution in [2.45, 2.75) is 33.1 Å². The number of nitrogens with zero attached hydrogens (tertiary/aromatic N) is 1. The Morgan fingerprint density at radius 3 is 2.71 bits per heavy atom. The highest BCUT2D eigenvalue weighted by Crippen LogP contribution is 2.21.